The molecule has 2 amide bonds. The third-order valence-corrected chi connectivity index (χ3v) is 3.19. The van der Waals surface area contributed by atoms with Crippen molar-refractivity contribution in [1.82, 2.24) is 10.3 Å². The molecule has 10 heteroatoms. The third kappa shape index (κ3) is 9.96. The van der Waals surface area contributed by atoms with Gasteiger partial charge in [-0.15, -0.1) is 0 Å². The summed E-state index contributed by atoms with van der Waals surface area (Å²) < 4.78 is 15.1. The Morgan fingerprint density at radius 1 is 1.00 bits per heavy atom. The fraction of sp³-hybridized carbons (Fsp3) is 0.300. The van der Waals surface area contributed by atoms with Crippen molar-refractivity contribution in [2.24, 2.45) is 0 Å². The van der Waals surface area contributed by atoms with Gasteiger partial charge >= 0.3 is 37.0 Å². The van der Waals surface area contributed by atoms with Gasteiger partial charge in [0.25, 0.3) is 0 Å². The zero-order valence-electron chi connectivity index (χ0n) is 16.4. The Morgan fingerprint density at radius 2 is 1.70 bits per heavy atom. The number of aromatic nitrogens is 1. The molecular formula is C20H24LiN3O6. The second-order valence-electron chi connectivity index (χ2n) is 6.90. The Labute approximate surface area is 186 Å². The van der Waals surface area contributed by atoms with Gasteiger partial charge in [0.2, 0.25) is 5.88 Å². The molecule has 2 rings (SSSR count). The molecule has 0 atom stereocenters. The molecule has 0 unspecified atom stereocenters. The van der Waals surface area contributed by atoms with Crippen molar-refractivity contribution in [3.8, 4) is 5.88 Å². The quantitative estimate of drug-likeness (QED) is 0.556. The van der Waals surface area contributed by atoms with E-state index in [0.717, 1.165) is 5.56 Å². The molecule has 0 aliphatic rings. The number of amides is 2. The summed E-state index contributed by atoms with van der Waals surface area (Å²) in [7, 11) is 0. The van der Waals surface area contributed by atoms with Gasteiger partial charge in [-0.25, -0.2) is 19.4 Å². The fourth-order valence-corrected chi connectivity index (χ4v) is 2.00. The minimum atomic E-state index is -0.726. The number of ether oxygens (including phenoxy) is 3. The van der Waals surface area contributed by atoms with Gasteiger partial charge in [-0.3, -0.25) is 5.32 Å². The number of hydrogen-bond acceptors (Lipinski definition) is 7. The van der Waals surface area contributed by atoms with Crippen LogP contribution in [-0.4, -0.2) is 54.1 Å². The van der Waals surface area contributed by atoms with Gasteiger partial charge in [0.15, 0.2) is 0 Å². The van der Waals surface area contributed by atoms with Crippen LogP contribution in [-0.2, 0) is 20.9 Å². The number of carbonyl (C=O) groups excluding carboxylic acids is 3. The molecule has 0 saturated carbocycles. The second-order valence-corrected chi connectivity index (χ2v) is 6.90. The monoisotopic (exact) mass is 409 g/mol. The average molecular weight is 409 g/mol. The van der Waals surface area contributed by atoms with Gasteiger partial charge in [0.05, 0.1) is 11.9 Å². The standard InChI is InChI=1S/C20H23N3O6.Li.H/c1-20(2,3)29-18(25)22-12-17(24)28-16-10-9-15(11-21-16)23-19(26)27-13-14-7-5-4-6-8-14;;/h4-11H,12-13H2,1-3H3,(H,22,25)(H,23,26);;. The summed E-state index contributed by atoms with van der Waals surface area (Å²) in [5, 5.41) is 4.80. The molecule has 1 aromatic heterocycles. The summed E-state index contributed by atoms with van der Waals surface area (Å²) in [5.74, 6) is -0.699. The second kappa shape index (κ2) is 11.9. The molecule has 1 aromatic carbocycles. The van der Waals surface area contributed by atoms with Gasteiger partial charge < -0.3 is 19.5 Å². The molecule has 9 nitrogen and oxygen atoms in total. The van der Waals surface area contributed by atoms with E-state index in [1.165, 1.54) is 18.3 Å². The Kier molecular flexibility index (Phi) is 9.88. The SMILES string of the molecule is CC(C)(C)OC(=O)NCC(=O)Oc1ccc(NC(=O)OCc2ccccc2)cn1.[LiH]. The van der Waals surface area contributed by atoms with Crippen LogP contribution >= 0.6 is 0 Å². The van der Waals surface area contributed by atoms with E-state index in [9.17, 15) is 14.4 Å². The number of nitrogens with one attached hydrogen (secondary N) is 2. The number of nitrogens with zero attached hydrogens (tertiary/aromatic N) is 1. The van der Waals surface area contributed by atoms with E-state index in [-0.39, 0.29) is 37.9 Å². The van der Waals surface area contributed by atoms with Gasteiger partial charge in [-0.05, 0) is 32.4 Å². The predicted molar refractivity (Wildman–Crippen MR) is 112 cm³/mol. The summed E-state index contributed by atoms with van der Waals surface area (Å²) >= 11 is 0. The van der Waals surface area contributed by atoms with E-state index in [1.807, 2.05) is 30.3 Å². The Hall–Kier alpha value is -3.02. The zero-order valence-corrected chi connectivity index (χ0v) is 16.4. The van der Waals surface area contributed by atoms with Crippen LogP contribution in [0.25, 0.3) is 0 Å². The first-order chi connectivity index (χ1) is 13.7. The van der Waals surface area contributed by atoms with Crippen molar-refractivity contribution < 1.29 is 28.6 Å². The minimum absolute atomic E-state index is 0. The van der Waals surface area contributed by atoms with Crippen molar-refractivity contribution in [3.05, 3.63) is 54.2 Å². The first kappa shape index (κ1) is 25.0. The van der Waals surface area contributed by atoms with Crippen molar-refractivity contribution in [1.29, 1.82) is 0 Å². The summed E-state index contributed by atoms with van der Waals surface area (Å²) in [5.41, 5.74) is 0.568. The molecule has 0 bridgehead atoms. The van der Waals surface area contributed by atoms with Crippen LogP contribution in [0.4, 0.5) is 15.3 Å². The zero-order chi connectivity index (χ0) is 21.3. The molecule has 0 radical (unpaired) electrons. The van der Waals surface area contributed by atoms with Crippen molar-refractivity contribution in [2.45, 2.75) is 33.0 Å². The molecule has 0 aliphatic heterocycles. The van der Waals surface area contributed by atoms with Gasteiger partial charge in [-0.2, -0.15) is 0 Å². The van der Waals surface area contributed by atoms with E-state index < -0.39 is 23.8 Å². The molecule has 0 spiro atoms. The first-order valence-electron chi connectivity index (χ1n) is 8.82. The Balaban J connectivity index is 0.00000450. The van der Waals surface area contributed by atoms with E-state index in [2.05, 4.69) is 15.6 Å². The van der Waals surface area contributed by atoms with Gasteiger partial charge in [0, 0.05) is 6.07 Å². The summed E-state index contributed by atoms with van der Waals surface area (Å²) in [6.45, 7) is 4.90. The average Bonchev–Trinajstić information content (AvgIpc) is 2.66. The number of carbonyl (C=O) groups is 3. The van der Waals surface area contributed by atoms with Crippen LogP contribution in [0.15, 0.2) is 48.7 Å². The van der Waals surface area contributed by atoms with Crippen LogP contribution in [0.2, 0.25) is 0 Å². The van der Waals surface area contributed by atoms with Gasteiger partial charge in [-0.1, -0.05) is 30.3 Å². The van der Waals surface area contributed by atoms with E-state index in [1.54, 1.807) is 20.8 Å². The van der Waals surface area contributed by atoms with E-state index in [0.29, 0.717) is 5.69 Å². The molecule has 0 fully saturated rings. The maximum atomic E-state index is 11.8. The number of benzene rings is 1. The van der Waals surface area contributed by atoms with E-state index in [4.69, 9.17) is 14.2 Å². The molecule has 2 N–H and O–H groups in total. The summed E-state index contributed by atoms with van der Waals surface area (Å²) in [6, 6.07) is 12.2. The normalized spacial score (nSPS) is 10.2. The van der Waals surface area contributed by atoms with Crippen LogP contribution in [0, 0.1) is 0 Å². The fourth-order valence-electron chi connectivity index (χ4n) is 2.00. The Morgan fingerprint density at radius 3 is 2.30 bits per heavy atom. The maximum absolute atomic E-state index is 11.8. The number of esters is 1. The number of rotatable bonds is 6. The number of alkyl carbamates (subject to hydrolysis) is 1. The number of anilines is 1. The van der Waals surface area contributed by atoms with Crippen LogP contribution in [0.3, 0.4) is 0 Å². The molecule has 0 saturated heterocycles. The van der Waals surface area contributed by atoms with E-state index >= 15 is 0 Å². The van der Waals surface area contributed by atoms with Crippen molar-refractivity contribution in [3.63, 3.8) is 0 Å². The number of pyridine rings is 1. The summed E-state index contributed by atoms with van der Waals surface area (Å²) in [4.78, 5) is 39.0. The topological polar surface area (TPSA) is 116 Å². The van der Waals surface area contributed by atoms with Crippen molar-refractivity contribution in [2.75, 3.05) is 11.9 Å². The molecule has 1 heterocycles. The molecule has 156 valence electrons. The van der Waals surface area contributed by atoms with Gasteiger partial charge in [0.1, 0.15) is 18.8 Å². The molecule has 0 aliphatic carbocycles. The first-order valence-corrected chi connectivity index (χ1v) is 8.82. The van der Waals surface area contributed by atoms with Crippen LogP contribution in [0.1, 0.15) is 26.3 Å². The Bertz CT molecular complexity index is 838. The summed E-state index contributed by atoms with van der Waals surface area (Å²) in [6.07, 6.45) is -0.0498. The molecular weight excluding hydrogens is 385 g/mol. The number of hydrogen-bond donors (Lipinski definition) is 2. The third-order valence-electron chi connectivity index (χ3n) is 3.19. The molecule has 2 aromatic rings. The van der Waals surface area contributed by atoms with Crippen LogP contribution < -0.4 is 15.4 Å². The van der Waals surface area contributed by atoms with Crippen LogP contribution in [0.5, 0.6) is 5.88 Å². The molecule has 30 heavy (non-hydrogen) atoms. The van der Waals surface area contributed by atoms with Crippen molar-refractivity contribution >= 4 is 42.7 Å². The predicted octanol–water partition coefficient (Wildman–Crippen LogP) is 2.61.